The quantitative estimate of drug-likeness (QED) is 0.331. The molecule has 9 nitrogen and oxygen atoms in total. The maximum Gasteiger partial charge on any atom is 0.332 e. The number of ether oxygens (including phenoxy) is 1. The van der Waals surface area contributed by atoms with Crippen LogP contribution in [0.2, 0.25) is 5.02 Å². The van der Waals surface area contributed by atoms with E-state index >= 15 is 0 Å². The number of benzene rings is 2. The lowest BCUT2D eigenvalue weighted by molar-refractivity contribution is -0.141. The van der Waals surface area contributed by atoms with Gasteiger partial charge in [0.05, 0.1) is 12.5 Å². The molecule has 190 valence electrons. The van der Waals surface area contributed by atoms with Gasteiger partial charge in [-0.05, 0) is 54.1 Å². The molecule has 0 aliphatic carbocycles. The fraction of sp³-hybridized carbons (Fsp3) is 0.154. The number of pyridine rings is 1. The third-order valence-electron chi connectivity index (χ3n) is 5.48. The SMILES string of the molecule is C[C@@H](Cn1c(=O)cc(Nc2ccc(Oc3ncccc3F)cc2)n(Cc2ccc(Cl)cc2)c1=O)C(=O)O. The molecule has 0 radical (unpaired) electrons. The van der Waals surface area contributed by atoms with E-state index in [9.17, 15) is 23.9 Å². The molecule has 2 heterocycles. The number of halogens is 2. The molecule has 2 N–H and O–H groups in total. The van der Waals surface area contributed by atoms with Crippen LogP contribution in [0, 0.1) is 11.7 Å². The molecule has 4 aromatic rings. The first-order valence-electron chi connectivity index (χ1n) is 11.2. The van der Waals surface area contributed by atoms with Crippen molar-refractivity contribution in [2.75, 3.05) is 5.32 Å². The molecule has 0 amide bonds. The molecule has 2 aromatic carbocycles. The first kappa shape index (κ1) is 25.6. The Balaban J connectivity index is 1.66. The molecule has 0 aliphatic heterocycles. The van der Waals surface area contributed by atoms with Gasteiger partial charge in [-0.3, -0.25) is 18.7 Å². The maximum absolute atomic E-state index is 13.8. The molecule has 0 bridgehead atoms. The van der Waals surface area contributed by atoms with E-state index in [4.69, 9.17) is 16.3 Å². The van der Waals surface area contributed by atoms with Crippen LogP contribution in [0.15, 0.2) is 82.5 Å². The molecule has 0 aliphatic rings. The predicted octanol–water partition coefficient (Wildman–Crippen LogP) is 4.50. The highest BCUT2D eigenvalue weighted by Crippen LogP contribution is 2.25. The number of rotatable bonds is 9. The van der Waals surface area contributed by atoms with Gasteiger partial charge < -0.3 is 15.2 Å². The van der Waals surface area contributed by atoms with Crippen LogP contribution in [-0.2, 0) is 17.9 Å². The second kappa shape index (κ2) is 11.1. The first-order valence-corrected chi connectivity index (χ1v) is 11.6. The van der Waals surface area contributed by atoms with Crippen molar-refractivity contribution in [3.8, 4) is 11.6 Å². The minimum atomic E-state index is -1.12. The van der Waals surface area contributed by atoms with Crippen LogP contribution in [0.25, 0.3) is 0 Å². The molecule has 4 rings (SSSR count). The second-order valence-electron chi connectivity index (χ2n) is 8.25. The molecular weight excluding hydrogens is 503 g/mol. The van der Waals surface area contributed by atoms with E-state index < -0.39 is 29.0 Å². The fourth-order valence-corrected chi connectivity index (χ4v) is 3.60. The highest BCUT2D eigenvalue weighted by molar-refractivity contribution is 6.30. The van der Waals surface area contributed by atoms with Gasteiger partial charge in [-0.1, -0.05) is 30.7 Å². The summed E-state index contributed by atoms with van der Waals surface area (Å²) in [6.07, 6.45) is 1.41. The smallest absolute Gasteiger partial charge is 0.332 e. The Morgan fingerprint density at radius 1 is 1.11 bits per heavy atom. The third kappa shape index (κ3) is 6.22. The number of carboxylic acid groups (broad SMARTS) is 1. The van der Waals surface area contributed by atoms with Crippen molar-refractivity contribution in [1.29, 1.82) is 0 Å². The summed E-state index contributed by atoms with van der Waals surface area (Å²) >= 11 is 5.97. The molecule has 37 heavy (non-hydrogen) atoms. The Hall–Kier alpha value is -4.44. The summed E-state index contributed by atoms with van der Waals surface area (Å²) in [5, 5.41) is 12.8. The minimum absolute atomic E-state index is 0.0974. The fourth-order valence-electron chi connectivity index (χ4n) is 3.48. The number of nitrogens with one attached hydrogen (secondary N) is 1. The van der Waals surface area contributed by atoms with Gasteiger partial charge in [0, 0.05) is 29.5 Å². The molecule has 1 atom stereocenters. The van der Waals surface area contributed by atoms with E-state index in [1.165, 1.54) is 35.9 Å². The van der Waals surface area contributed by atoms with Gasteiger partial charge in [0.1, 0.15) is 11.6 Å². The monoisotopic (exact) mass is 524 g/mol. The summed E-state index contributed by atoms with van der Waals surface area (Å²) in [4.78, 5) is 41.3. The summed E-state index contributed by atoms with van der Waals surface area (Å²) < 4.78 is 21.5. The lowest BCUT2D eigenvalue weighted by Crippen LogP contribution is -2.42. The van der Waals surface area contributed by atoms with E-state index in [2.05, 4.69) is 10.3 Å². The van der Waals surface area contributed by atoms with Gasteiger partial charge in [0.15, 0.2) is 5.82 Å². The standard InChI is InChI=1S/C26H22ClFN4O5/c1-16(25(34)35)14-32-23(33)13-22(31(26(32)36)15-17-4-6-18(27)7-5-17)30-19-8-10-20(11-9-19)37-24-21(28)3-2-12-29-24/h2-13,16,30H,14-15H2,1H3,(H,34,35)/t16-/m0/s1. The van der Waals surface area contributed by atoms with E-state index in [-0.39, 0.29) is 24.8 Å². The maximum atomic E-state index is 13.8. The number of carbonyl (C=O) groups is 1. The lowest BCUT2D eigenvalue weighted by Gasteiger charge is -2.18. The van der Waals surface area contributed by atoms with Gasteiger partial charge >= 0.3 is 11.7 Å². The van der Waals surface area contributed by atoms with Crippen LogP contribution in [-0.4, -0.2) is 25.2 Å². The number of aliphatic carboxylic acids is 1. The van der Waals surface area contributed by atoms with Crippen molar-refractivity contribution in [1.82, 2.24) is 14.1 Å². The van der Waals surface area contributed by atoms with Crippen LogP contribution in [0.3, 0.4) is 0 Å². The summed E-state index contributed by atoms with van der Waals surface area (Å²) in [6, 6.07) is 17.2. The number of hydrogen-bond acceptors (Lipinski definition) is 6. The highest BCUT2D eigenvalue weighted by atomic mass is 35.5. The number of hydrogen-bond donors (Lipinski definition) is 2. The average molecular weight is 525 g/mol. The molecule has 0 unspecified atom stereocenters. The lowest BCUT2D eigenvalue weighted by atomic mass is 10.2. The second-order valence-corrected chi connectivity index (χ2v) is 8.69. The summed E-state index contributed by atoms with van der Waals surface area (Å²) in [6.45, 7) is 1.24. The summed E-state index contributed by atoms with van der Waals surface area (Å²) in [5.41, 5.74) is -0.0384. The summed E-state index contributed by atoms with van der Waals surface area (Å²) in [7, 11) is 0. The number of aromatic nitrogens is 3. The zero-order valence-corrected chi connectivity index (χ0v) is 20.4. The number of nitrogens with zero attached hydrogens (tertiary/aromatic N) is 3. The Kier molecular flexibility index (Phi) is 7.69. The Morgan fingerprint density at radius 2 is 1.81 bits per heavy atom. The Bertz CT molecular complexity index is 1530. The number of anilines is 2. The van der Waals surface area contributed by atoms with Gasteiger partial charge in [-0.15, -0.1) is 0 Å². The third-order valence-corrected chi connectivity index (χ3v) is 5.73. The van der Waals surface area contributed by atoms with Gasteiger partial charge in [-0.25, -0.2) is 14.2 Å². The normalized spacial score (nSPS) is 11.6. The molecule has 2 aromatic heterocycles. The zero-order valence-electron chi connectivity index (χ0n) is 19.6. The average Bonchev–Trinajstić information content (AvgIpc) is 2.87. The molecule has 0 spiro atoms. The topological polar surface area (TPSA) is 115 Å². The van der Waals surface area contributed by atoms with Gasteiger partial charge in [0.2, 0.25) is 0 Å². The highest BCUT2D eigenvalue weighted by Gasteiger charge is 2.18. The van der Waals surface area contributed by atoms with Crippen molar-refractivity contribution in [3.05, 3.63) is 110 Å². The van der Waals surface area contributed by atoms with Crippen molar-refractivity contribution in [2.45, 2.75) is 20.0 Å². The van der Waals surface area contributed by atoms with Gasteiger partial charge in [0.25, 0.3) is 11.4 Å². The molecule has 0 saturated heterocycles. The van der Waals surface area contributed by atoms with Gasteiger partial charge in [-0.2, -0.15) is 0 Å². The molecular formula is C26H22ClFN4O5. The largest absolute Gasteiger partial charge is 0.481 e. The van der Waals surface area contributed by atoms with Crippen molar-refractivity contribution >= 4 is 29.1 Å². The number of carboxylic acids is 1. The van der Waals surface area contributed by atoms with E-state index in [0.29, 0.717) is 16.5 Å². The van der Waals surface area contributed by atoms with Crippen LogP contribution in [0.5, 0.6) is 11.6 Å². The minimum Gasteiger partial charge on any atom is -0.481 e. The molecule has 0 saturated carbocycles. The Labute approximate surface area is 215 Å². The Morgan fingerprint density at radius 3 is 2.46 bits per heavy atom. The van der Waals surface area contributed by atoms with E-state index in [1.807, 2.05) is 0 Å². The molecule has 0 fully saturated rings. The van der Waals surface area contributed by atoms with Crippen molar-refractivity contribution in [2.24, 2.45) is 5.92 Å². The van der Waals surface area contributed by atoms with Crippen LogP contribution < -0.4 is 21.3 Å². The predicted molar refractivity (Wildman–Crippen MR) is 136 cm³/mol. The van der Waals surface area contributed by atoms with E-state index in [0.717, 1.165) is 10.1 Å². The van der Waals surface area contributed by atoms with E-state index in [1.54, 1.807) is 48.5 Å². The van der Waals surface area contributed by atoms with Crippen molar-refractivity contribution < 1.29 is 19.0 Å². The van der Waals surface area contributed by atoms with Crippen molar-refractivity contribution in [3.63, 3.8) is 0 Å². The van der Waals surface area contributed by atoms with Crippen LogP contribution >= 0.6 is 11.6 Å². The zero-order chi connectivity index (χ0) is 26.5. The molecule has 11 heteroatoms. The van der Waals surface area contributed by atoms with Crippen LogP contribution in [0.4, 0.5) is 15.9 Å². The summed E-state index contributed by atoms with van der Waals surface area (Å²) in [5.74, 6) is -2.29. The first-order chi connectivity index (χ1) is 17.7. The van der Waals surface area contributed by atoms with Crippen LogP contribution in [0.1, 0.15) is 12.5 Å².